The van der Waals surface area contributed by atoms with Crippen molar-refractivity contribution in [3.05, 3.63) is 52.8 Å². The van der Waals surface area contributed by atoms with E-state index in [-0.39, 0.29) is 17.4 Å². The summed E-state index contributed by atoms with van der Waals surface area (Å²) in [5.74, 6) is -2.20. The second-order valence-electron chi connectivity index (χ2n) is 7.13. The van der Waals surface area contributed by atoms with E-state index in [2.05, 4.69) is 10.3 Å². The third-order valence-corrected chi connectivity index (χ3v) is 5.26. The van der Waals surface area contributed by atoms with Crippen LogP contribution in [0.5, 0.6) is 5.75 Å². The summed E-state index contributed by atoms with van der Waals surface area (Å²) in [7, 11) is 0. The lowest BCUT2D eigenvalue weighted by Gasteiger charge is -2.36. The number of nitrogens with zero attached hydrogens (tertiary/aromatic N) is 3. The number of aromatic nitrogens is 1. The van der Waals surface area contributed by atoms with E-state index in [1.54, 1.807) is 0 Å². The van der Waals surface area contributed by atoms with Gasteiger partial charge >= 0.3 is 5.97 Å². The molecule has 0 unspecified atom stereocenters. The molecule has 164 valence electrons. The Morgan fingerprint density at radius 2 is 1.77 bits per heavy atom. The zero-order chi connectivity index (χ0) is 22.4. The van der Waals surface area contributed by atoms with Gasteiger partial charge in [-0.1, -0.05) is 23.7 Å². The van der Waals surface area contributed by atoms with Gasteiger partial charge in [-0.2, -0.15) is 0 Å². The number of benzene rings is 1. The second-order valence-corrected chi connectivity index (χ2v) is 7.57. The molecule has 2 aromatic rings. The van der Waals surface area contributed by atoms with Crippen LogP contribution >= 0.6 is 11.6 Å². The molecule has 1 aliphatic rings. The van der Waals surface area contributed by atoms with Crippen LogP contribution in [0.3, 0.4) is 0 Å². The number of aliphatic carboxylic acids is 1. The van der Waals surface area contributed by atoms with E-state index in [0.717, 1.165) is 5.56 Å². The number of carboxylic acid groups (broad SMARTS) is 1. The number of carbonyl (C=O) groups is 3. The maximum absolute atomic E-state index is 12.5. The Morgan fingerprint density at radius 3 is 2.39 bits per heavy atom. The first kappa shape index (κ1) is 22.4. The molecule has 9 nitrogen and oxygen atoms in total. The fourth-order valence-corrected chi connectivity index (χ4v) is 3.43. The van der Waals surface area contributed by atoms with Crippen molar-refractivity contribution in [1.29, 1.82) is 0 Å². The minimum Gasteiger partial charge on any atom is -0.505 e. The van der Waals surface area contributed by atoms with Crippen LogP contribution in [0.4, 0.5) is 5.69 Å². The highest BCUT2D eigenvalue weighted by atomic mass is 35.5. The highest BCUT2D eigenvalue weighted by Crippen LogP contribution is 2.23. The number of piperazine rings is 1. The Hall–Kier alpha value is -3.33. The number of anilines is 1. The van der Waals surface area contributed by atoms with Crippen LogP contribution in [0.15, 0.2) is 36.5 Å². The molecule has 0 spiro atoms. The van der Waals surface area contributed by atoms with Crippen LogP contribution in [0.1, 0.15) is 22.5 Å². The molecule has 0 bridgehead atoms. The summed E-state index contributed by atoms with van der Waals surface area (Å²) in [5.41, 5.74) is 1.45. The zero-order valence-electron chi connectivity index (χ0n) is 16.8. The maximum Gasteiger partial charge on any atom is 0.322 e. The SMILES string of the molecule is O=C(O)CNC(=O)c1ncc(N2CCN(C(=O)CCc3ccc(Cl)cc3)CC2)cc1O. The molecule has 0 radical (unpaired) electrons. The van der Waals surface area contributed by atoms with Gasteiger partial charge in [0.1, 0.15) is 12.3 Å². The molecule has 1 fully saturated rings. The zero-order valence-corrected chi connectivity index (χ0v) is 17.5. The van der Waals surface area contributed by atoms with Gasteiger partial charge in [0.05, 0.1) is 11.9 Å². The van der Waals surface area contributed by atoms with Gasteiger partial charge in [-0.25, -0.2) is 4.98 Å². The van der Waals surface area contributed by atoms with Gasteiger partial charge in [-0.3, -0.25) is 14.4 Å². The number of amides is 2. The summed E-state index contributed by atoms with van der Waals surface area (Å²) >= 11 is 5.88. The first-order chi connectivity index (χ1) is 14.8. The van der Waals surface area contributed by atoms with Crippen molar-refractivity contribution in [3.8, 4) is 5.75 Å². The Balaban J connectivity index is 1.51. The van der Waals surface area contributed by atoms with E-state index in [4.69, 9.17) is 16.7 Å². The van der Waals surface area contributed by atoms with E-state index in [1.807, 2.05) is 34.1 Å². The highest BCUT2D eigenvalue weighted by Gasteiger charge is 2.23. The van der Waals surface area contributed by atoms with Crippen LogP contribution in [0.25, 0.3) is 0 Å². The lowest BCUT2D eigenvalue weighted by Crippen LogP contribution is -2.48. The highest BCUT2D eigenvalue weighted by molar-refractivity contribution is 6.30. The average Bonchev–Trinajstić information content (AvgIpc) is 2.77. The van der Waals surface area contributed by atoms with Crippen molar-refractivity contribution in [3.63, 3.8) is 0 Å². The van der Waals surface area contributed by atoms with E-state index in [9.17, 15) is 19.5 Å². The first-order valence-corrected chi connectivity index (χ1v) is 10.2. The fourth-order valence-electron chi connectivity index (χ4n) is 3.30. The number of halogens is 1. The number of hydrogen-bond donors (Lipinski definition) is 3. The molecule has 1 aromatic carbocycles. The van der Waals surface area contributed by atoms with E-state index >= 15 is 0 Å². The van der Waals surface area contributed by atoms with Gasteiger partial charge in [0.25, 0.3) is 5.91 Å². The average molecular weight is 447 g/mol. The number of aryl methyl sites for hydroxylation is 1. The molecule has 2 heterocycles. The lowest BCUT2D eigenvalue weighted by molar-refractivity contribution is -0.136. The Morgan fingerprint density at radius 1 is 1.10 bits per heavy atom. The maximum atomic E-state index is 12.5. The molecule has 0 aliphatic carbocycles. The smallest absolute Gasteiger partial charge is 0.322 e. The molecule has 0 atom stereocenters. The number of nitrogens with one attached hydrogen (secondary N) is 1. The van der Waals surface area contributed by atoms with Gasteiger partial charge in [0, 0.05) is 43.7 Å². The van der Waals surface area contributed by atoms with Crippen molar-refractivity contribution in [2.75, 3.05) is 37.6 Å². The van der Waals surface area contributed by atoms with Gasteiger partial charge in [0.15, 0.2) is 5.69 Å². The molecular weight excluding hydrogens is 424 g/mol. The molecule has 1 aromatic heterocycles. The number of pyridine rings is 1. The monoisotopic (exact) mass is 446 g/mol. The predicted octanol–water partition coefficient (Wildman–Crippen LogP) is 1.54. The number of rotatable bonds is 7. The predicted molar refractivity (Wildman–Crippen MR) is 114 cm³/mol. The largest absolute Gasteiger partial charge is 0.505 e. The minimum absolute atomic E-state index is 0.0843. The third-order valence-electron chi connectivity index (χ3n) is 5.01. The summed E-state index contributed by atoms with van der Waals surface area (Å²) in [6.07, 6.45) is 2.52. The topological polar surface area (TPSA) is 123 Å². The Labute approximate surface area is 184 Å². The van der Waals surface area contributed by atoms with E-state index in [1.165, 1.54) is 12.3 Å². The van der Waals surface area contributed by atoms with Gasteiger partial charge in [0.2, 0.25) is 5.91 Å². The van der Waals surface area contributed by atoms with Crippen molar-refractivity contribution in [1.82, 2.24) is 15.2 Å². The minimum atomic E-state index is -1.19. The number of carboxylic acids is 1. The van der Waals surface area contributed by atoms with Gasteiger partial charge in [-0.15, -0.1) is 0 Å². The normalized spacial score (nSPS) is 13.7. The molecule has 1 saturated heterocycles. The van der Waals surface area contributed by atoms with E-state index < -0.39 is 18.4 Å². The number of hydrogen-bond acceptors (Lipinski definition) is 6. The van der Waals surface area contributed by atoms with Gasteiger partial charge < -0.3 is 25.3 Å². The van der Waals surface area contributed by atoms with Crippen molar-refractivity contribution in [2.24, 2.45) is 0 Å². The number of carbonyl (C=O) groups excluding carboxylic acids is 2. The van der Waals surface area contributed by atoms with Crippen LogP contribution < -0.4 is 10.2 Å². The first-order valence-electron chi connectivity index (χ1n) is 9.79. The summed E-state index contributed by atoms with van der Waals surface area (Å²) in [4.78, 5) is 42.7. The molecule has 3 N–H and O–H groups in total. The summed E-state index contributed by atoms with van der Waals surface area (Å²) in [6.45, 7) is 1.66. The molecule has 1 aliphatic heterocycles. The summed E-state index contributed by atoms with van der Waals surface area (Å²) in [5, 5.41) is 21.6. The van der Waals surface area contributed by atoms with Crippen molar-refractivity contribution in [2.45, 2.75) is 12.8 Å². The Bertz CT molecular complexity index is 959. The molecule has 31 heavy (non-hydrogen) atoms. The number of aromatic hydroxyl groups is 1. The van der Waals surface area contributed by atoms with Crippen LogP contribution in [-0.4, -0.2) is 70.6 Å². The third kappa shape index (κ3) is 6.08. The van der Waals surface area contributed by atoms with E-state index in [0.29, 0.717) is 49.7 Å². The fraction of sp³-hybridized carbons (Fsp3) is 0.333. The van der Waals surface area contributed by atoms with Crippen LogP contribution in [0.2, 0.25) is 5.02 Å². The standard InChI is InChI=1S/C21H23ClN4O5/c22-15-4-1-14(2-5-15)3-6-18(28)26-9-7-25(8-10-26)16-11-17(27)20(23-12-16)21(31)24-13-19(29)30/h1-2,4-5,11-12,27H,3,6-10,13H2,(H,24,31)(H,29,30). The lowest BCUT2D eigenvalue weighted by atomic mass is 10.1. The van der Waals surface area contributed by atoms with Crippen LogP contribution in [-0.2, 0) is 16.0 Å². The summed E-state index contributed by atoms with van der Waals surface area (Å²) < 4.78 is 0. The quantitative estimate of drug-likeness (QED) is 0.589. The van der Waals surface area contributed by atoms with Gasteiger partial charge in [-0.05, 0) is 24.1 Å². The van der Waals surface area contributed by atoms with Crippen molar-refractivity contribution < 1.29 is 24.6 Å². The molecule has 10 heteroatoms. The molecule has 0 saturated carbocycles. The molecular formula is C21H23ClN4O5. The second kappa shape index (κ2) is 10.1. The Kier molecular flexibility index (Phi) is 7.30. The van der Waals surface area contributed by atoms with Crippen LogP contribution in [0, 0.1) is 0 Å². The molecule has 2 amide bonds. The van der Waals surface area contributed by atoms with Crippen molar-refractivity contribution >= 4 is 35.1 Å². The summed E-state index contributed by atoms with van der Waals surface area (Å²) in [6, 6.07) is 8.87. The molecule has 3 rings (SSSR count).